The topological polar surface area (TPSA) is 64.9 Å². The number of hydrogen-bond acceptors (Lipinski definition) is 3. The molecule has 1 heterocycles. The Bertz CT molecular complexity index is 276. The maximum Gasteiger partial charge on any atom is 0.227 e. The van der Waals surface area contributed by atoms with Crippen LogP contribution in [0, 0.1) is 16.7 Å². The number of nitrogens with zero attached hydrogens (tertiary/aromatic N) is 1. The molecule has 0 aromatic carbocycles. The zero-order chi connectivity index (χ0) is 12.0. The van der Waals surface area contributed by atoms with Crippen LogP contribution < -0.4 is 10.6 Å². The highest BCUT2D eigenvalue weighted by atomic mass is 16.2. The molecule has 4 heteroatoms. The van der Waals surface area contributed by atoms with E-state index in [1.54, 1.807) is 0 Å². The van der Waals surface area contributed by atoms with Gasteiger partial charge in [-0.05, 0) is 25.8 Å². The highest BCUT2D eigenvalue weighted by Gasteiger charge is 2.39. The molecule has 1 rings (SSSR count). The first-order chi connectivity index (χ1) is 7.68. The molecule has 0 bridgehead atoms. The average molecular weight is 223 g/mol. The second-order valence-electron chi connectivity index (χ2n) is 4.50. The minimum absolute atomic E-state index is 0.00141. The Labute approximate surface area is 97.4 Å². The molecule has 1 fully saturated rings. The SMILES string of the molecule is CCC(CC#N)NC(=O)C1(CC)CCNC1. The number of carbonyl (C=O) groups is 1. The summed E-state index contributed by atoms with van der Waals surface area (Å²) in [7, 11) is 0. The van der Waals surface area contributed by atoms with Gasteiger partial charge < -0.3 is 10.6 Å². The van der Waals surface area contributed by atoms with Gasteiger partial charge in [0, 0.05) is 12.6 Å². The van der Waals surface area contributed by atoms with Crippen LogP contribution in [0.25, 0.3) is 0 Å². The molecule has 1 amide bonds. The largest absolute Gasteiger partial charge is 0.352 e. The fraction of sp³-hybridized carbons (Fsp3) is 0.833. The Kier molecular flexibility index (Phi) is 4.75. The summed E-state index contributed by atoms with van der Waals surface area (Å²) in [5.41, 5.74) is -0.247. The summed E-state index contributed by atoms with van der Waals surface area (Å²) < 4.78 is 0. The Hall–Kier alpha value is -1.08. The summed E-state index contributed by atoms with van der Waals surface area (Å²) in [6.45, 7) is 5.72. The number of nitrogens with one attached hydrogen (secondary N) is 2. The lowest BCUT2D eigenvalue weighted by atomic mass is 9.83. The molecule has 16 heavy (non-hydrogen) atoms. The number of nitriles is 1. The van der Waals surface area contributed by atoms with Crippen LogP contribution in [-0.2, 0) is 4.79 Å². The average Bonchev–Trinajstić information content (AvgIpc) is 2.78. The molecular weight excluding hydrogens is 202 g/mol. The van der Waals surface area contributed by atoms with E-state index in [1.807, 2.05) is 6.92 Å². The first-order valence-corrected chi connectivity index (χ1v) is 6.07. The van der Waals surface area contributed by atoms with E-state index in [4.69, 9.17) is 5.26 Å². The molecule has 0 aliphatic carbocycles. The zero-order valence-corrected chi connectivity index (χ0v) is 10.2. The molecule has 0 radical (unpaired) electrons. The van der Waals surface area contributed by atoms with E-state index < -0.39 is 0 Å². The van der Waals surface area contributed by atoms with Crippen LogP contribution >= 0.6 is 0 Å². The van der Waals surface area contributed by atoms with Crippen molar-refractivity contribution in [2.45, 2.75) is 45.6 Å². The van der Waals surface area contributed by atoms with Crippen molar-refractivity contribution in [3.63, 3.8) is 0 Å². The predicted octanol–water partition coefficient (Wildman–Crippen LogP) is 1.18. The van der Waals surface area contributed by atoms with Crippen LogP contribution in [-0.4, -0.2) is 25.0 Å². The summed E-state index contributed by atoms with van der Waals surface area (Å²) in [6, 6.07) is 2.12. The molecule has 0 spiro atoms. The molecule has 1 aliphatic heterocycles. The lowest BCUT2D eigenvalue weighted by Gasteiger charge is -2.27. The van der Waals surface area contributed by atoms with Gasteiger partial charge >= 0.3 is 0 Å². The highest BCUT2D eigenvalue weighted by molar-refractivity contribution is 5.83. The van der Waals surface area contributed by atoms with Crippen molar-refractivity contribution in [3.8, 4) is 6.07 Å². The van der Waals surface area contributed by atoms with Gasteiger partial charge in [-0.3, -0.25) is 4.79 Å². The van der Waals surface area contributed by atoms with Crippen LogP contribution in [0.4, 0.5) is 0 Å². The van der Waals surface area contributed by atoms with Gasteiger partial charge in [0.05, 0.1) is 17.9 Å². The Morgan fingerprint density at radius 2 is 2.38 bits per heavy atom. The second kappa shape index (κ2) is 5.86. The lowest BCUT2D eigenvalue weighted by molar-refractivity contribution is -0.131. The predicted molar refractivity (Wildman–Crippen MR) is 62.7 cm³/mol. The molecule has 90 valence electrons. The van der Waals surface area contributed by atoms with Crippen molar-refractivity contribution in [1.29, 1.82) is 5.26 Å². The van der Waals surface area contributed by atoms with Crippen molar-refractivity contribution in [2.24, 2.45) is 5.41 Å². The molecule has 0 aromatic heterocycles. The molecule has 1 aliphatic rings. The third-order valence-electron chi connectivity index (χ3n) is 3.57. The van der Waals surface area contributed by atoms with Crippen molar-refractivity contribution < 1.29 is 4.79 Å². The summed E-state index contributed by atoms with van der Waals surface area (Å²) >= 11 is 0. The number of rotatable bonds is 5. The number of amides is 1. The van der Waals surface area contributed by atoms with Gasteiger partial charge in [-0.25, -0.2) is 0 Å². The van der Waals surface area contributed by atoms with Crippen LogP contribution in [0.5, 0.6) is 0 Å². The first kappa shape index (κ1) is 13.0. The lowest BCUT2D eigenvalue weighted by Crippen LogP contribution is -2.46. The van der Waals surface area contributed by atoms with E-state index in [0.29, 0.717) is 6.42 Å². The van der Waals surface area contributed by atoms with Gasteiger partial charge in [0.1, 0.15) is 0 Å². The summed E-state index contributed by atoms with van der Waals surface area (Å²) in [4.78, 5) is 12.2. The van der Waals surface area contributed by atoms with Crippen LogP contribution in [0.2, 0.25) is 0 Å². The van der Waals surface area contributed by atoms with Crippen molar-refractivity contribution in [1.82, 2.24) is 10.6 Å². The normalized spacial score (nSPS) is 26.1. The molecule has 2 N–H and O–H groups in total. The van der Waals surface area contributed by atoms with E-state index in [2.05, 4.69) is 23.6 Å². The Morgan fingerprint density at radius 1 is 1.62 bits per heavy atom. The second-order valence-corrected chi connectivity index (χ2v) is 4.50. The maximum atomic E-state index is 12.2. The summed E-state index contributed by atoms with van der Waals surface area (Å²) in [5.74, 6) is 0.113. The Balaban J connectivity index is 2.59. The minimum Gasteiger partial charge on any atom is -0.352 e. The van der Waals surface area contributed by atoms with Crippen LogP contribution in [0.15, 0.2) is 0 Å². The van der Waals surface area contributed by atoms with Gasteiger partial charge in [-0.15, -0.1) is 0 Å². The highest BCUT2D eigenvalue weighted by Crippen LogP contribution is 2.29. The standard InChI is InChI=1S/C12H21N3O/c1-3-10(5-7-13)15-11(16)12(4-2)6-8-14-9-12/h10,14H,3-6,8-9H2,1-2H3,(H,15,16). The van der Waals surface area contributed by atoms with E-state index in [1.165, 1.54) is 0 Å². The van der Waals surface area contributed by atoms with Crippen molar-refractivity contribution >= 4 is 5.91 Å². The fourth-order valence-electron chi connectivity index (χ4n) is 2.15. The van der Waals surface area contributed by atoms with Gasteiger partial charge in [0.15, 0.2) is 0 Å². The van der Waals surface area contributed by atoms with Crippen molar-refractivity contribution in [2.75, 3.05) is 13.1 Å². The first-order valence-electron chi connectivity index (χ1n) is 6.07. The number of hydrogen-bond donors (Lipinski definition) is 2. The van der Waals surface area contributed by atoms with Gasteiger partial charge in [0.2, 0.25) is 5.91 Å². The molecule has 0 aromatic rings. The van der Waals surface area contributed by atoms with Crippen LogP contribution in [0.1, 0.15) is 39.5 Å². The van der Waals surface area contributed by atoms with Gasteiger partial charge in [-0.1, -0.05) is 13.8 Å². The monoisotopic (exact) mass is 223 g/mol. The maximum absolute atomic E-state index is 12.2. The van der Waals surface area contributed by atoms with Crippen LogP contribution in [0.3, 0.4) is 0 Å². The smallest absolute Gasteiger partial charge is 0.227 e. The minimum atomic E-state index is -0.247. The molecule has 2 unspecified atom stereocenters. The zero-order valence-electron chi connectivity index (χ0n) is 10.2. The summed E-state index contributed by atoms with van der Waals surface area (Å²) in [6.07, 6.45) is 2.97. The third-order valence-corrected chi connectivity index (χ3v) is 3.57. The Morgan fingerprint density at radius 3 is 2.81 bits per heavy atom. The fourth-order valence-corrected chi connectivity index (χ4v) is 2.15. The summed E-state index contributed by atoms with van der Waals surface area (Å²) in [5, 5.41) is 14.9. The van der Waals surface area contributed by atoms with Crippen molar-refractivity contribution in [3.05, 3.63) is 0 Å². The molecule has 1 saturated heterocycles. The molecule has 4 nitrogen and oxygen atoms in total. The number of carbonyl (C=O) groups excluding carboxylic acids is 1. The molecule has 2 atom stereocenters. The van der Waals surface area contributed by atoms with Gasteiger partial charge in [0.25, 0.3) is 0 Å². The molecular formula is C12H21N3O. The van der Waals surface area contributed by atoms with E-state index in [-0.39, 0.29) is 17.4 Å². The quantitative estimate of drug-likeness (QED) is 0.735. The van der Waals surface area contributed by atoms with Gasteiger partial charge in [-0.2, -0.15) is 5.26 Å². The van der Waals surface area contributed by atoms with E-state index in [0.717, 1.165) is 32.4 Å². The van der Waals surface area contributed by atoms with E-state index >= 15 is 0 Å². The third kappa shape index (κ3) is 2.73. The molecule has 0 saturated carbocycles. The van der Waals surface area contributed by atoms with E-state index in [9.17, 15) is 4.79 Å².